The average Bonchev–Trinajstić information content (AvgIpc) is 2.22. The Morgan fingerprint density at radius 3 is 2.56 bits per heavy atom. The second-order valence-corrected chi connectivity index (χ2v) is 4.89. The number of hydrogen-bond acceptors (Lipinski definition) is 2. The summed E-state index contributed by atoms with van der Waals surface area (Å²) in [6.45, 7) is 2.83. The van der Waals surface area contributed by atoms with Crippen molar-refractivity contribution in [1.82, 2.24) is 0 Å². The first kappa shape index (κ1) is 13.8. The van der Waals surface area contributed by atoms with Crippen LogP contribution in [0.2, 0.25) is 10.0 Å². The van der Waals surface area contributed by atoms with E-state index in [1.165, 1.54) is 0 Å². The van der Waals surface area contributed by atoms with Crippen molar-refractivity contribution in [1.29, 1.82) is 0 Å². The molecule has 16 heavy (non-hydrogen) atoms. The minimum atomic E-state index is -0.0279. The molecule has 1 aromatic rings. The number of nitrogens with two attached hydrogens (primary N) is 1. The molecule has 0 radical (unpaired) electrons. The fourth-order valence-corrected chi connectivity index (χ4v) is 1.97. The zero-order valence-corrected chi connectivity index (χ0v) is 11.1. The van der Waals surface area contributed by atoms with Gasteiger partial charge in [-0.15, -0.1) is 0 Å². The van der Waals surface area contributed by atoms with Crippen LogP contribution in [0.4, 0.5) is 0 Å². The Kier molecular flexibility index (Phi) is 5.56. The molecule has 0 aliphatic carbocycles. The van der Waals surface area contributed by atoms with E-state index in [4.69, 9.17) is 33.7 Å². The highest BCUT2D eigenvalue weighted by Gasteiger charge is 2.12. The van der Waals surface area contributed by atoms with E-state index >= 15 is 0 Å². The molecule has 2 N–H and O–H groups in total. The van der Waals surface area contributed by atoms with E-state index in [1.54, 1.807) is 13.2 Å². The summed E-state index contributed by atoms with van der Waals surface area (Å²) in [5.74, 6) is 0.425. The number of rotatable bonds is 5. The van der Waals surface area contributed by atoms with Crippen LogP contribution in [0.1, 0.15) is 24.9 Å². The highest BCUT2D eigenvalue weighted by molar-refractivity contribution is 6.42. The van der Waals surface area contributed by atoms with Crippen molar-refractivity contribution in [3.63, 3.8) is 0 Å². The number of ether oxygens (including phenoxy) is 1. The van der Waals surface area contributed by atoms with Gasteiger partial charge in [-0.25, -0.2) is 0 Å². The van der Waals surface area contributed by atoms with Gasteiger partial charge >= 0.3 is 0 Å². The van der Waals surface area contributed by atoms with Gasteiger partial charge in [0.2, 0.25) is 0 Å². The van der Waals surface area contributed by atoms with Gasteiger partial charge in [0.25, 0.3) is 0 Å². The van der Waals surface area contributed by atoms with Crippen molar-refractivity contribution < 1.29 is 4.74 Å². The molecule has 4 heteroatoms. The van der Waals surface area contributed by atoms with Crippen molar-refractivity contribution in [2.24, 2.45) is 11.7 Å². The largest absolute Gasteiger partial charge is 0.384 e. The van der Waals surface area contributed by atoms with Crippen LogP contribution >= 0.6 is 23.2 Å². The lowest BCUT2D eigenvalue weighted by molar-refractivity contribution is 0.152. The van der Waals surface area contributed by atoms with Crippen LogP contribution < -0.4 is 5.73 Å². The molecule has 1 rings (SSSR count). The number of hydrogen-bond donors (Lipinski definition) is 1. The smallest absolute Gasteiger partial charge is 0.0595 e. The third-order valence-corrected chi connectivity index (χ3v) is 3.22. The quantitative estimate of drug-likeness (QED) is 0.878. The van der Waals surface area contributed by atoms with Gasteiger partial charge < -0.3 is 10.5 Å². The Balaban J connectivity index is 2.65. The van der Waals surface area contributed by atoms with E-state index < -0.39 is 0 Å². The van der Waals surface area contributed by atoms with Crippen LogP contribution in [-0.4, -0.2) is 13.7 Å². The molecule has 0 heterocycles. The zero-order valence-electron chi connectivity index (χ0n) is 9.54. The first-order chi connectivity index (χ1) is 7.54. The molecule has 2 unspecified atom stereocenters. The van der Waals surface area contributed by atoms with Gasteiger partial charge in [-0.1, -0.05) is 36.2 Å². The Morgan fingerprint density at radius 1 is 1.31 bits per heavy atom. The summed E-state index contributed by atoms with van der Waals surface area (Å²) >= 11 is 11.8. The SMILES string of the molecule is COCC(C)CC(N)c1ccc(Cl)c(Cl)c1. The second-order valence-electron chi connectivity index (χ2n) is 4.08. The molecule has 0 fully saturated rings. The molecular formula is C12H17Cl2NO. The number of halogens is 2. The van der Waals surface area contributed by atoms with Crippen LogP contribution in [0.3, 0.4) is 0 Å². The summed E-state index contributed by atoms with van der Waals surface area (Å²) < 4.78 is 5.08. The Bertz CT molecular complexity index is 344. The third kappa shape index (κ3) is 3.95. The Hall–Kier alpha value is -0.280. The zero-order chi connectivity index (χ0) is 12.1. The van der Waals surface area contributed by atoms with E-state index in [9.17, 15) is 0 Å². The van der Waals surface area contributed by atoms with Crippen LogP contribution in [0.15, 0.2) is 18.2 Å². The summed E-state index contributed by atoms with van der Waals surface area (Å²) in [6, 6.07) is 5.49. The van der Waals surface area contributed by atoms with Crippen molar-refractivity contribution in [2.45, 2.75) is 19.4 Å². The fraction of sp³-hybridized carbons (Fsp3) is 0.500. The van der Waals surface area contributed by atoms with E-state index in [-0.39, 0.29) is 6.04 Å². The summed E-state index contributed by atoms with van der Waals surface area (Å²) in [5.41, 5.74) is 7.10. The van der Waals surface area contributed by atoms with E-state index in [1.807, 2.05) is 12.1 Å². The average molecular weight is 262 g/mol. The molecular weight excluding hydrogens is 245 g/mol. The molecule has 0 amide bonds. The van der Waals surface area contributed by atoms with E-state index in [0.29, 0.717) is 16.0 Å². The first-order valence-corrected chi connectivity index (χ1v) is 5.99. The van der Waals surface area contributed by atoms with Crippen LogP contribution in [-0.2, 0) is 4.74 Å². The standard InChI is InChI=1S/C12H17Cl2NO/c1-8(7-16-2)5-12(15)9-3-4-10(13)11(14)6-9/h3-4,6,8,12H,5,7,15H2,1-2H3. The molecule has 90 valence electrons. The molecule has 0 aliphatic rings. The van der Waals surface area contributed by atoms with Crippen molar-refractivity contribution in [2.75, 3.05) is 13.7 Å². The molecule has 0 saturated carbocycles. The molecule has 0 spiro atoms. The number of benzene rings is 1. The van der Waals surface area contributed by atoms with Crippen LogP contribution in [0.25, 0.3) is 0 Å². The molecule has 0 saturated heterocycles. The molecule has 0 aromatic heterocycles. The van der Waals surface area contributed by atoms with Crippen molar-refractivity contribution in [3.05, 3.63) is 33.8 Å². The van der Waals surface area contributed by atoms with E-state index in [0.717, 1.165) is 18.6 Å². The summed E-state index contributed by atoms with van der Waals surface area (Å²) in [6.07, 6.45) is 0.867. The van der Waals surface area contributed by atoms with Gasteiger partial charge in [-0.05, 0) is 30.0 Å². The predicted molar refractivity (Wildman–Crippen MR) is 69.0 cm³/mol. The summed E-state index contributed by atoms with van der Waals surface area (Å²) in [5, 5.41) is 1.11. The molecule has 2 atom stereocenters. The summed E-state index contributed by atoms with van der Waals surface area (Å²) in [7, 11) is 1.70. The highest BCUT2D eigenvalue weighted by atomic mass is 35.5. The minimum Gasteiger partial charge on any atom is -0.384 e. The second kappa shape index (κ2) is 6.45. The topological polar surface area (TPSA) is 35.2 Å². The maximum atomic E-state index is 6.09. The lowest BCUT2D eigenvalue weighted by Crippen LogP contribution is -2.16. The summed E-state index contributed by atoms with van der Waals surface area (Å²) in [4.78, 5) is 0. The maximum Gasteiger partial charge on any atom is 0.0595 e. The van der Waals surface area contributed by atoms with Crippen LogP contribution in [0, 0.1) is 5.92 Å². The molecule has 0 aliphatic heterocycles. The first-order valence-electron chi connectivity index (χ1n) is 5.24. The number of methoxy groups -OCH3 is 1. The molecule has 1 aromatic carbocycles. The van der Waals surface area contributed by atoms with Crippen molar-refractivity contribution >= 4 is 23.2 Å². The minimum absolute atomic E-state index is 0.0279. The van der Waals surface area contributed by atoms with Gasteiger partial charge in [0.05, 0.1) is 10.0 Å². The van der Waals surface area contributed by atoms with Gasteiger partial charge in [-0.2, -0.15) is 0 Å². The lowest BCUT2D eigenvalue weighted by atomic mass is 9.97. The Labute approximate surface area is 107 Å². The van der Waals surface area contributed by atoms with Crippen molar-refractivity contribution in [3.8, 4) is 0 Å². The van der Waals surface area contributed by atoms with Gasteiger partial charge in [-0.3, -0.25) is 0 Å². The predicted octanol–water partition coefficient (Wildman–Crippen LogP) is 3.67. The lowest BCUT2D eigenvalue weighted by Gasteiger charge is -2.17. The third-order valence-electron chi connectivity index (χ3n) is 2.48. The highest BCUT2D eigenvalue weighted by Crippen LogP contribution is 2.27. The van der Waals surface area contributed by atoms with Gasteiger partial charge in [0, 0.05) is 19.8 Å². The van der Waals surface area contributed by atoms with Gasteiger partial charge in [0.1, 0.15) is 0 Å². The normalized spacial score (nSPS) is 14.8. The Morgan fingerprint density at radius 2 is 2.00 bits per heavy atom. The van der Waals surface area contributed by atoms with Crippen LogP contribution in [0.5, 0.6) is 0 Å². The maximum absolute atomic E-state index is 6.09. The monoisotopic (exact) mass is 261 g/mol. The molecule has 0 bridgehead atoms. The fourth-order valence-electron chi connectivity index (χ4n) is 1.67. The van der Waals surface area contributed by atoms with Gasteiger partial charge in [0.15, 0.2) is 0 Å². The molecule has 2 nitrogen and oxygen atoms in total. The van der Waals surface area contributed by atoms with E-state index in [2.05, 4.69) is 6.92 Å².